The standard InChI is InChI=1S/C10H17N5O2S/c1-5(2)4-7-14-15-10(18-7)13-8(16)6(3)12-9(11)17/h5-6H,4H2,1-3H3,(H3,11,12,17)(H,13,15,16). The van der Waals surface area contributed by atoms with Crippen LogP contribution in [0.1, 0.15) is 25.8 Å². The van der Waals surface area contributed by atoms with Crippen molar-refractivity contribution in [3.63, 3.8) is 0 Å². The smallest absolute Gasteiger partial charge is 0.312 e. The van der Waals surface area contributed by atoms with Gasteiger partial charge in [-0.3, -0.25) is 10.1 Å². The molecular formula is C10H17N5O2S. The minimum Gasteiger partial charge on any atom is -0.352 e. The highest BCUT2D eigenvalue weighted by Gasteiger charge is 2.16. The summed E-state index contributed by atoms with van der Waals surface area (Å²) < 4.78 is 0. The van der Waals surface area contributed by atoms with Crippen molar-refractivity contribution >= 4 is 28.4 Å². The summed E-state index contributed by atoms with van der Waals surface area (Å²) in [6.45, 7) is 5.70. The third-order valence-corrected chi connectivity index (χ3v) is 2.89. The molecule has 18 heavy (non-hydrogen) atoms. The number of hydrogen-bond acceptors (Lipinski definition) is 5. The maximum absolute atomic E-state index is 11.6. The Morgan fingerprint density at radius 3 is 2.56 bits per heavy atom. The lowest BCUT2D eigenvalue weighted by atomic mass is 10.1. The topological polar surface area (TPSA) is 110 Å². The van der Waals surface area contributed by atoms with Crippen LogP contribution in [0, 0.1) is 5.92 Å². The molecule has 0 bridgehead atoms. The van der Waals surface area contributed by atoms with Crippen LogP contribution < -0.4 is 16.4 Å². The first kappa shape index (κ1) is 14.4. The second kappa shape index (κ2) is 6.29. The van der Waals surface area contributed by atoms with Crippen LogP contribution in [0.15, 0.2) is 0 Å². The summed E-state index contributed by atoms with van der Waals surface area (Å²) in [6.07, 6.45) is 0.822. The number of carbonyl (C=O) groups excluding carboxylic acids is 2. The van der Waals surface area contributed by atoms with Crippen molar-refractivity contribution in [3.8, 4) is 0 Å². The zero-order valence-corrected chi connectivity index (χ0v) is 11.4. The number of aromatic nitrogens is 2. The minimum absolute atomic E-state index is 0.374. The molecular weight excluding hydrogens is 254 g/mol. The Bertz CT molecular complexity index is 432. The molecule has 0 fully saturated rings. The Morgan fingerprint density at radius 1 is 1.33 bits per heavy atom. The van der Waals surface area contributed by atoms with Crippen LogP contribution in [0.25, 0.3) is 0 Å². The van der Waals surface area contributed by atoms with Gasteiger partial charge in [0, 0.05) is 6.42 Å². The molecule has 0 aliphatic rings. The highest BCUT2D eigenvalue weighted by Crippen LogP contribution is 2.18. The van der Waals surface area contributed by atoms with E-state index in [0.29, 0.717) is 11.0 Å². The van der Waals surface area contributed by atoms with E-state index in [9.17, 15) is 9.59 Å². The lowest BCUT2D eigenvalue weighted by Crippen LogP contribution is -2.44. The average molecular weight is 271 g/mol. The van der Waals surface area contributed by atoms with Crippen molar-refractivity contribution in [2.75, 3.05) is 5.32 Å². The van der Waals surface area contributed by atoms with Gasteiger partial charge in [0.1, 0.15) is 11.0 Å². The van der Waals surface area contributed by atoms with Crippen LogP contribution in [0.5, 0.6) is 0 Å². The Labute approximate surface area is 109 Å². The molecule has 100 valence electrons. The first-order valence-corrected chi connectivity index (χ1v) is 6.39. The van der Waals surface area contributed by atoms with E-state index < -0.39 is 12.1 Å². The van der Waals surface area contributed by atoms with Crippen molar-refractivity contribution in [1.29, 1.82) is 0 Å². The van der Waals surface area contributed by atoms with Gasteiger partial charge in [-0.25, -0.2) is 4.79 Å². The van der Waals surface area contributed by atoms with E-state index in [-0.39, 0.29) is 5.91 Å². The SMILES string of the molecule is CC(C)Cc1nnc(NC(=O)C(C)NC(N)=O)s1. The van der Waals surface area contributed by atoms with Gasteiger partial charge in [0.15, 0.2) is 0 Å². The molecule has 3 amide bonds. The van der Waals surface area contributed by atoms with E-state index in [1.54, 1.807) is 0 Å². The van der Waals surface area contributed by atoms with Crippen LogP contribution in [0.2, 0.25) is 0 Å². The maximum Gasteiger partial charge on any atom is 0.312 e. The molecule has 1 unspecified atom stereocenters. The van der Waals surface area contributed by atoms with Gasteiger partial charge >= 0.3 is 6.03 Å². The fourth-order valence-corrected chi connectivity index (χ4v) is 2.18. The quantitative estimate of drug-likeness (QED) is 0.733. The highest BCUT2D eigenvalue weighted by atomic mass is 32.1. The Balaban J connectivity index is 2.54. The van der Waals surface area contributed by atoms with Crippen molar-refractivity contribution in [2.24, 2.45) is 11.7 Å². The molecule has 4 N–H and O–H groups in total. The lowest BCUT2D eigenvalue weighted by molar-refractivity contribution is -0.117. The highest BCUT2D eigenvalue weighted by molar-refractivity contribution is 7.15. The fraction of sp³-hybridized carbons (Fsp3) is 0.600. The van der Waals surface area contributed by atoms with E-state index in [4.69, 9.17) is 5.73 Å². The lowest BCUT2D eigenvalue weighted by Gasteiger charge is -2.10. The molecule has 0 radical (unpaired) electrons. The molecule has 0 saturated heterocycles. The molecule has 0 aliphatic heterocycles. The number of hydrogen-bond donors (Lipinski definition) is 3. The molecule has 1 aromatic heterocycles. The van der Waals surface area contributed by atoms with Gasteiger partial charge in [-0.2, -0.15) is 0 Å². The number of rotatable bonds is 5. The van der Waals surface area contributed by atoms with E-state index in [2.05, 4.69) is 34.7 Å². The summed E-state index contributed by atoms with van der Waals surface area (Å²) in [4.78, 5) is 22.2. The van der Waals surface area contributed by atoms with E-state index in [1.807, 2.05) is 0 Å². The van der Waals surface area contributed by atoms with Gasteiger partial charge in [-0.05, 0) is 12.8 Å². The predicted octanol–water partition coefficient (Wildman–Crippen LogP) is 0.732. The van der Waals surface area contributed by atoms with E-state index in [1.165, 1.54) is 18.3 Å². The average Bonchev–Trinajstić information content (AvgIpc) is 2.63. The summed E-state index contributed by atoms with van der Waals surface area (Å²) in [7, 11) is 0. The Kier molecular flexibility index (Phi) is 5.02. The number of nitrogens with zero attached hydrogens (tertiary/aromatic N) is 2. The number of nitrogens with two attached hydrogens (primary N) is 1. The largest absolute Gasteiger partial charge is 0.352 e. The normalized spacial score (nSPS) is 12.2. The number of carbonyl (C=O) groups is 2. The molecule has 1 aromatic rings. The monoisotopic (exact) mass is 271 g/mol. The van der Waals surface area contributed by atoms with Crippen LogP contribution >= 0.6 is 11.3 Å². The molecule has 8 heteroatoms. The number of anilines is 1. The van der Waals surface area contributed by atoms with Gasteiger partial charge in [0.25, 0.3) is 0 Å². The van der Waals surface area contributed by atoms with Crippen LogP contribution in [-0.4, -0.2) is 28.2 Å². The fourth-order valence-electron chi connectivity index (χ4n) is 1.23. The zero-order valence-electron chi connectivity index (χ0n) is 10.6. The van der Waals surface area contributed by atoms with Crippen molar-refractivity contribution in [1.82, 2.24) is 15.5 Å². The molecule has 0 spiro atoms. The zero-order chi connectivity index (χ0) is 13.7. The van der Waals surface area contributed by atoms with Gasteiger partial charge in [-0.1, -0.05) is 25.2 Å². The second-order valence-corrected chi connectivity index (χ2v) is 5.38. The summed E-state index contributed by atoms with van der Waals surface area (Å²) in [5.74, 6) is 0.109. The molecule has 1 atom stereocenters. The first-order chi connectivity index (χ1) is 8.38. The molecule has 0 aliphatic carbocycles. The summed E-state index contributed by atoms with van der Waals surface area (Å²) >= 11 is 1.33. The first-order valence-electron chi connectivity index (χ1n) is 5.57. The van der Waals surface area contributed by atoms with Crippen LogP contribution in [0.4, 0.5) is 9.93 Å². The third kappa shape index (κ3) is 4.66. The number of urea groups is 1. The summed E-state index contributed by atoms with van der Waals surface area (Å²) in [6, 6.07) is -1.45. The summed E-state index contributed by atoms with van der Waals surface area (Å²) in [5.41, 5.74) is 4.93. The Morgan fingerprint density at radius 2 is 2.00 bits per heavy atom. The minimum atomic E-state index is -0.740. The molecule has 0 aromatic carbocycles. The van der Waals surface area contributed by atoms with Crippen LogP contribution in [-0.2, 0) is 11.2 Å². The van der Waals surface area contributed by atoms with Crippen molar-refractivity contribution in [3.05, 3.63) is 5.01 Å². The van der Waals surface area contributed by atoms with Gasteiger partial charge in [0.05, 0.1) is 0 Å². The van der Waals surface area contributed by atoms with Crippen LogP contribution in [0.3, 0.4) is 0 Å². The number of nitrogens with one attached hydrogen (secondary N) is 2. The van der Waals surface area contributed by atoms with Crippen molar-refractivity contribution in [2.45, 2.75) is 33.2 Å². The van der Waals surface area contributed by atoms with Gasteiger partial charge in [-0.15, -0.1) is 10.2 Å². The maximum atomic E-state index is 11.6. The molecule has 1 heterocycles. The number of primary amides is 1. The predicted molar refractivity (Wildman–Crippen MR) is 69.3 cm³/mol. The third-order valence-electron chi connectivity index (χ3n) is 2.03. The Hall–Kier alpha value is -1.70. The van der Waals surface area contributed by atoms with Crippen molar-refractivity contribution < 1.29 is 9.59 Å². The molecule has 1 rings (SSSR count). The molecule has 0 saturated carbocycles. The molecule has 7 nitrogen and oxygen atoms in total. The van der Waals surface area contributed by atoms with E-state index >= 15 is 0 Å². The second-order valence-electron chi connectivity index (χ2n) is 4.32. The number of amides is 3. The van der Waals surface area contributed by atoms with E-state index in [0.717, 1.165) is 11.4 Å². The van der Waals surface area contributed by atoms with Gasteiger partial charge < -0.3 is 11.1 Å². The summed E-state index contributed by atoms with van der Waals surface area (Å²) in [5, 5.41) is 14.0. The van der Waals surface area contributed by atoms with Gasteiger partial charge in [0.2, 0.25) is 11.0 Å².